The van der Waals surface area contributed by atoms with E-state index in [-0.39, 0.29) is 10.9 Å². The molecule has 16 heavy (non-hydrogen) atoms. The van der Waals surface area contributed by atoms with Gasteiger partial charge in [0.25, 0.3) is 0 Å². The van der Waals surface area contributed by atoms with Gasteiger partial charge in [0, 0.05) is 6.42 Å². The van der Waals surface area contributed by atoms with Crippen molar-refractivity contribution in [1.29, 1.82) is 0 Å². The molecule has 1 rings (SSSR count). The minimum Gasteiger partial charge on any atom is -0.449 e. The summed E-state index contributed by atoms with van der Waals surface area (Å²) in [6.45, 7) is 7.47. The molecule has 0 radical (unpaired) electrons. The topological polar surface area (TPSA) is 64.4 Å². The Kier molecular flexibility index (Phi) is 4.13. The van der Waals surface area contributed by atoms with E-state index in [1.165, 1.54) is 4.68 Å². The molecular weight excluding hydrogens is 232 g/mol. The lowest BCUT2D eigenvalue weighted by atomic mass is 10.3. The molecule has 1 aromatic rings. The van der Waals surface area contributed by atoms with Crippen LogP contribution < -0.4 is 4.74 Å². The molecule has 0 amide bonds. The molecular formula is C10H11ClN2O3. The Morgan fingerprint density at radius 3 is 2.75 bits per heavy atom. The van der Waals surface area contributed by atoms with E-state index >= 15 is 0 Å². The molecule has 0 aromatic carbocycles. The van der Waals surface area contributed by atoms with E-state index in [1.807, 2.05) is 0 Å². The molecule has 1 aromatic heterocycles. The Bertz CT molecular complexity index is 426. The maximum Gasteiger partial charge on any atom is 0.511 e. The highest BCUT2D eigenvalue weighted by atomic mass is 35.5. The maximum absolute atomic E-state index is 10.5. The maximum atomic E-state index is 10.5. The van der Waals surface area contributed by atoms with Crippen LogP contribution in [0.4, 0.5) is 4.79 Å². The van der Waals surface area contributed by atoms with E-state index in [1.54, 1.807) is 12.2 Å². The number of aromatic nitrogens is 2. The number of halogens is 1. The Balaban J connectivity index is 3.13. The minimum atomic E-state index is -1.43. The van der Waals surface area contributed by atoms with Crippen molar-refractivity contribution in [2.75, 3.05) is 0 Å². The first-order valence-corrected chi connectivity index (χ1v) is 4.85. The molecule has 0 unspecified atom stereocenters. The molecule has 0 saturated heterocycles. The molecule has 86 valence electrons. The average molecular weight is 243 g/mol. The molecule has 0 aliphatic carbocycles. The molecule has 0 atom stereocenters. The number of ether oxygens (including phenoxy) is 1. The van der Waals surface area contributed by atoms with Crippen LogP contribution in [0.3, 0.4) is 0 Å². The molecule has 5 nitrogen and oxygen atoms in total. The minimum absolute atomic E-state index is 0.0518. The van der Waals surface area contributed by atoms with Crippen molar-refractivity contribution in [2.45, 2.75) is 13.0 Å². The van der Waals surface area contributed by atoms with Crippen LogP contribution in [0.2, 0.25) is 5.15 Å². The molecule has 0 saturated carbocycles. The Hall–Kier alpha value is -1.75. The first-order chi connectivity index (χ1) is 7.60. The van der Waals surface area contributed by atoms with Gasteiger partial charge in [0.1, 0.15) is 5.69 Å². The molecule has 6 heteroatoms. The largest absolute Gasteiger partial charge is 0.511 e. The van der Waals surface area contributed by atoms with Crippen molar-refractivity contribution >= 4 is 17.8 Å². The van der Waals surface area contributed by atoms with Crippen LogP contribution >= 0.6 is 11.6 Å². The number of rotatable bonds is 5. The SMILES string of the molecule is C=CCc1nn(CC=C)c(Cl)c1OC(=O)O. The van der Waals surface area contributed by atoms with Crippen LogP contribution in [0.15, 0.2) is 25.3 Å². The van der Waals surface area contributed by atoms with E-state index in [2.05, 4.69) is 23.0 Å². The molecule has 0 spiro atoms. The van der Waals surface area contributed by atoms with Crippen LogP contribution in [0.5, 0.6) is 5.75 Å². The normalized spacial score (nSPS) is 9.81. The van der Waals surface area contributed by atoms with Crippen molar-refractivity contribution in [3.63, 3.8) is 0 Å². The van der Waals surface area contributed by atoms with Crippen molar-refractivity contribution in [2.24, 2.45) is 0 Å². The summed E-state index contributed by atoms with van der Waals surface area (Å²) in [6.07, 6.45) is 2.14. The van der Waals surface area contributed by atoms with E-state index in [0.29, 0.717) is 18.7 Å². The Morgan fingerprint density at radius 1 is 1.56 bits per heavy atom. The summed E-state index contributed by atoms with van der Waals surface area (Å²) in [5, 5.41) is 12.8. The van der Waals surface area contributed by atoms with Gasteiger partial charge in [-0.3, -0.25) is 0 Å². The quantitative estimate of drug-likeness (QED) is 0.637. The highest BCUT2D eigenvalue weighted by Crippen LogP contribution is 2.29. The van der Waals surface area contributed by atoms with Gasteiger partial charge in [-0.15, -0.1) is 13.2 Å². The Morgan fingerprint density at radius 2 is 2.25 bits per heavy atom. The fourth-order valence-corrected chi connectivity index (χ4v) is 1.43. The number of carboxylic acid groups (broad SMARTS) is 1. The lowest BCUT2D eigenvalue weighted by Gasteiger charge is -1.99. The van der Waals surface area contributed by atoms with E-state index in [9.17, 15) is 4.79 Å². The first-order valence-electron chi connectivity index (χ1n) is 4.47. The van der Waals surface area contributed by atoms with E-state index in [0.717, 1.165) is 0 Å². The summed E-state index contributed by atoms with van der Waals surface area (Å²) in [4.78, 5) is 10.5. The zero-order valence-electron chi connectivity index (χ0n) is 8.52. The van der Waals surface area contributed by atoms with Gasteiger partial charge >= 0.3 is 6.16 Å². The zero-order chi connectivity index (χ0) is 12.1. The third kappa shape index (κ3) is 2.64. The van der Waals surface area contributed by atoms with Gasteiger partial charge in [-0.1, -0.05) is 23.8 Å². The smallest absolute Gasteiger partial charge is 0.449 e. The molecule has 0 aliphatic heterocycles. The van der Waals surface area contributed by atoms with Crippen molar-refractivity contribution in [3.05, 3.63) is 36.2 Å². The highest BCUT2D eigenvalue weighted by molar-refractivity contribution is 6.31. The van der Waals surface area contributed by atoms with Crippen LogP contribution in [0, 0.1) is 0 Å². The van der Waals surface area contributed by atoms with Crippen molar-refractivity contribution in [3.8, 4) is 5.75 Å². The molecule has 1 N–H and O–H groups in total. The average Bonchev–Trinajstić information content (AvgIpc) is 2.47. The summed E-state index contributed by atoms with van der Waals surface area (Å²) < 4.78 is 5.98. The van der Waals surface area contributed by atoms with Crippen LogP contribution in [-0.4, -0.2) is 21.0 Å². The fraction of sp³-hybridized carbons (Fsp3) is 0.200. The third-order valence-corrected chi connectivity index (χ3v) is 2.11. The van der Waals surface area contributed by atoms with Gasteiger partial charge in [-0.25, -0.2) is 9.48 Å². The fourth-order valence-electron chi connectivity index (χ4n) is 1.17. The molecule has 0 fully saturated rings. The zero-order valence-corrected chi connectivity index (χ0v) is 9.28. The lowest BCUT2D eigenvalue weighted by molar-refractivity contribution is 0.144. The number of hydrogen-bond acceptors (Lipinski definition) is 3. The van der Waals surface area contributed by atoms with Gasteiger partial charge in [0.15, 0.2) is 10.9 Å². The van der Waals surface area contributed by atoms with Gasteiger partial charge in [-0.2, -0.15) is 5.10 Å². The lowest BCUT2D eigenvalue weighted by Crippen LogP contribution is -2.04. The summed E-state index contributed by atoms with van der Waals surface area (Å²) in [5.74, 6) is 0.0518. The van der Waals surface area contributed by atoms with Crippen molar-refractivity contribution < 1.29 is 14.6 Å². The van der Waals surface area contributed by atoms with Crippen LogP contribution in [0.1, 0.15) is 5.69 Å². The summed E-state index contributed by atoms with van der Waals surface area (Å²) in [5.41, 5.74) is 0.434. The molecule has 0 bridgehead atoms. The number of nitrogens with zero attached hydrogens (tertiary/aromatic N) is 2. The van der Waals surface area contributed by atoms with Crippen LogP contribution in [-0.2, 0) is 13.0 Å². The summed E-state index contributed by atoms with van der Waals surface area (Å²) >= 11 is 5.92. The molecule has 1 heterocycles. The number of allylic oxidation sites excluding steroid dienone is 2. The standard InChI is InChI=1S/C10H11ClN2O3/c1-3-5-7-8(16-10(14)15)9(11)13(12-7)6-4-2/h3-4H,1-2,5-6H2,(H,14,15). The van der Waals surface area contributed by atoms with Gasteiger partial charge in [0.2, 0.25) is 0 Å². The predicted octanol–water partition coefficient (Wildman–Crippen LogP) is 2.51. The highest BCUT2D eigenvalue weighted by Gasteiger charge is 2.18. The number of carbonyl (C=O) groups is 1. The third-order valence-electron chi connectivity index (χ3n) is 1.75. The van der Waals surface area contributed by atoms with Crippen molar-refractivity contribution in [1.82, 2.24) is 9.78 Å². The monoisotopic (exact) mass is 242 g/mol. The second kappa shape index (κ2) is 5.37. The Labute approximate surface area is 97.6 Å². The predicted molar refractivity (Wildman–Crippen MR) is 60.0 cm³/mol. The second-order valence-electron chi connectivity index (χ2n) is 2.90. The summed E-state index contributed by atoms with van der Waals surface area (Å²) in [6, 6.07) is 0. The van der Waals surface area contributed by atoms with Gasteiger partial charge < -0.3 is 9.84 Å². The van der Waals surface area contributed by atoms with E-state index in [4.69, 9.17) is 16.7 Å². The number of hydrogen-bond donors (Lipinski definition) is 1. The van der Waals surface area contributed by atoms with E-state index < -0.39 is 6.16 Å². The van der Waals surface area contributed by atoms with Gasteiger partial charge in [0.05, 0.1) is 6.54 Å². The summed E-state index contributed by atoms with van der Waals surface area (Å²) in [7, 11) is 0. The second-order valence-corrected chi connectivity index (χ2v) is 3.26. The van der Waals surface area contributed by atoms with Crippen LogP contribution in [0.25, 0.3) is 0 Å². The molecule has 0 aliphatic rings. The van der Waals surface area contributed by atoms with Gasteiger partial charge in [-0.05, 0) is 0 Å². The first kappa shape index (κ1) is 12.3.